The lowest BCUT2D eigenvalue weighted by atomic mass is 10.1. The molecule has 0 spiro atoms. The molecule has 1 aromatic heterocycles. The van der Waals surface area contributed by atoms with E-state index in [4.69, 9.17) is 4.74 Å². The van der Waals surface area contributed by atoms with Gasteiger partial charge in [0, 0.05) is 19.3 Å². The second-order valence-corrected chi connectivity index (χ2v) is 4.80. The molecule has 1 N–H and O–H groups in total. The van der Waals surface area contributed by atoms with Gasteiger partial charge in [-0.3, -0.25) is 0 Å². The zero-order valence-corrected chi connectivity index (χ0v) is 11.0. The van der Waals surface area contributed by atoms with Crippen LogP contribution >= 0.6 is 0 Å². The number of hydrogen-bond acceptors (Lipinski definition) is 5. The molecule has 1 unspecified atom stereocenters. The molecule has 2 aromatic rings. The van der Waals surface area contributed by atoms with E-state index in [1.54, 1.807) is 12.1 Å². The van der Waals surface area contributed by atoms with Crippen LogP contribution in [0.2, 0.25) is 0 Å². The van der Waals surface area contributed by atoms with Gasteiger partial charge in [0.2, 0.25) is 0 Å². The monoisotopic (exact) mass is 277 g/mol. The zero-order valence-electron chi connectivity index (χ0n) is 11.0. The van der Waals surface area contributed by atoms with Crippen LogP contribution in [0.1, 0.15) is 19.3 Å². The SMILES string of the molecule is Fc1ccc(-n2cnnn2)cc1NC1CCCOCC1. The molecule has 1 saturated heterocycles. The summed E-state index contributed by atoms with van der Waals surface area (Å²) >= 11 is 0. The van der Waals surface area contributed by atoms with E-state index in [1.165, 1.54) is 17.1 Å². The Hall–Kier alpha value is -2.02. The van der Waals surface area contributed by atoms with E-state index in [0.717, 1.165) is 31.6 Å². The molecule has 6 nitrogen and oxygen atoms in total. The van der Waals surface area contributed by atoms with Crippen LogP contribution in [0.25, 0.3) is 5.69 Å². The van der Waals surface area contributed by atoms with Gasteiger partial charge in [0.25, 0.3) is 0 Å². The number of halogens is 1. The van der Waals surface area contributed by atoms with Crippen molar-refractivity contribution < 1.29 is 9.13 Å². The number of ether oxygens (including phenoxy) is 1. The van der Waals surface area contributed by atoms with Crippen molar-refractivity contribution in [1.82, 2.24) is 20.2 Å². The van der Waals surface area contributed by atoms with Crippen molar-refractivity contribution in [3.05, 3.63) is 30.3 Å². The molecule has 0 aliphatic carbocycles. The average molecular weight is 277 g/mol. The molecule has 1 aliphatic heterocycles. The summed E-state index contributed by atoms with van der Waals surface area (Å²) in [4.78, 5) is 0. The van der Waals surface area contributed by atoms with E-state index < -0.39 is 0 Å². The summed E-state index contributed by atoms with van der Waals surface area (Å²) < 4.78 is 20.8. The Morgan fingerprint density at radius 1 is 1.30 bits per heavy atom. The topological polar surface area (TPSA) is 64.9 Å². The molecule has 0 amide bonds. The summed E-state index contributed by atoms with van der Waals surface area (Å²) in [5.41, 5.74) is 1.20. The summed E-state index contributed by atoms with van der Waals surface area (Å²) in [6.07, 6.45) is 4.34. The van der Waals surface area contributed by atoms with Gasteiger partial charge in [-0.25, -0.2) is 9.07 Å². The Morgan fingerprint density at radius 3 is 3.10 bits per heavy atom. The Labute approximate surface area is 115 Å². The fraction of sp³-hybridized carbons (Fsp3) is 0.462. The Balaban J connectivity index is 1.79. The highest BCUT2D eigenvalue weighted by atomic mass is 19.1. The number of benzene rings is 1. The van der Waals surface area contributed by atoms with Gasteiger partial charge < -0.3 is 10.1 Å². The van der Waals surface area contributed by atoms with Crippen LogP contribution in [-0.4, -0.2) is 39.5 Å². The van der Waals surface area contributed by atoms with Crippen LogP contribution in [0.15, 0.2) is 24.5 Å². The number of anilines is 1. The Morgan fingerprint density at radius 2 is 2.25 bits per heavy atom. The van der Waals surface area contributed by atoms with Crippen molar-refractivity contribution in [2.24, 2.45) is 0 Å². The maximum atomic E-state index is 13.9. The van der Waals surface area contributed by atoms with E-state index in [-0.39, 0.29) is 11.9 Å². The van der Waals surface area contributed by atoms with Gasteiger partial charge in [0.15, 0.2) is 0 Å². The molecule has 1 fully saturated rings. The quantitative estimate of drug-likeness (QED) is 0.926. The fourth-order valence-corrected chi connectivity index (χ4v) is 2.31. The molecule has 7 heteroatoms. The van der Waals surface area contributed by atoms with E-state index in [0.29, 0.717) is 12.3 Å². The first-order valence-corrected chi connectivity index (χ1v) is 6.70. The van der Waals surface area contributed by atoms with E-state index >= 15 is 0 Å². The number of aromatic nitrogens is 4. The van der Waals surface area contributed by atoms with Gasteiger partial charge in [-0.05, 0) is 47.9 Å². The Kier molecular flexibility index (Phi) is 3.87. The largest absolute Gasteiger partial charge is 0.381 e. The Bertz CT molecular complexity index is 552. The average Bonchev–Trinajstić information content (AvgIpc) is 2.87. The molecular formula is C13H16FN5O. The third-order valence-electron chi connectivity index (χ3n) is 3.38. The second kappa shape index (κ2) is 5.96. The first kappa shape index (κ1) is 13.0. The number of nitrogens with one attached hydrogen (secondary N) is 1. The van der Waals surface area contributed by atoms with Gasteiger partial charge in [-0.1, -0.05) is 0 Å². The number of tetrazole rings is 1. The molecule has 2 heterocycles. The lowest BCUT2D eigenvalue weighted by Crippen LogP contribution is -2.20. The van der Waals surface area contributed by atoms with Crippen LogP contribution in [0, 0.1) is 5.82 Å². The lowest BCUT2D eigenvalue weighted by Gasteiger charge is -2.18. The maximum absolute atomic E-state index is 13.9. The first-order valence-electron chi connectivity index (χ1n) is 6.70. The van der Waals surface area contributed by atoms with Crippen LogP contribution in [0.4, 0.5) is 10.1 Å². The van der Waals surface area contributed by atoms with Gasteiger partial charge >= 0.3 is 0 Å². The number of nitrogens with zero attached hydrogens (tertiary/aromatic N) is 4. The van der Waals surface area contributed by atoms with Crippen LogP contribution in [0.5, 0.6) is 0 Å². The first-order chi connectivity index (χ1) is 9.83. The highest BCUT2D eigenvalue weighted by Crippen LogP contribution is 2.21. The van der Waals surface area contributed by atoms with E-state index in [2.05, 4.69) is 20.8 Å². The van der Waals surface area contributed by atoms with Gasteiger partial charge in [0.05, 0.1) is 11.4 Å². The molecule has 0 saturated carbocycles. The standard InChI is InChI=1S/C13H16FN5O/c14-12-4-3-11(19-9-15-17-18-19)8-13(12)16-10-2-1-6-20-7-5-10/h3-4,8-10,16H,1-2,5-7H2. The smallest absolute Gasteiger partial charge is 0.146 e. The second-order valence-electron chi connectivity index (χ2n) is 4.80. The minimum Gasteiger partial charge on any atom is -0.381 e. The molecule has 1 aliphatic rings. The van der Waals surface area contributed by atoms with Crippen LogP contribution in [0.3, 0.4) is 0 Å². The van der Waals surface area contributed by atoms with Crippen molar-refractivity contribution in [1.29, 1.82) is 0 Å². The van der Waals surface area contributed by atoms with Gasteiger partial charge in [-0.15, -0.1) is 5.10 Å². The fourth-order valence-electron chi connectivity index (χ4n) is 2.31. The van der Waals surface area contributed by atoms with Crippen molar-refractivity contribution in [3.63, 3.8) is 0 Å². The van der Waals surface area contributed by atoms with E-state index in [9.17, 15) is 4.39 Å². The number of rotatable bonds is 3. The highest BCUT2D eigenvalue weighted by Gasteiger charge is 2.14. The molecular weight excluding hydrogens is 261 g/mol. The molecule has 20 heavy (non-hydrogen) atoms. The van der Waals surface area contributed by atoms with Crippen molar-refractivity contribution >= 4 is 5.69 Å². The van der Waals surface area contributed by atoms with Crippen molar-refractivity contribution in [2.45, 2.75) is 25.3 Å². The van der Waals surface area contributed by atoms with Crippen molar-refractivity contribution in [2.75, 3.05) is 18.5 Å². The highest BCUT2D eigenvalue weighted by molar-refractivity contribution is 5.52. The van der Waals surface area contributed by atoms with Gasteiger partial charge in [0.1, 0.15) is 12.1 Å². The summed E-state index contributed by atoms with van der Waals surface area (Å²) in [7, 11) is 0. The maximum Gasteiger partial charge on any atom is 0.146 e. The molecule has 3 rings (SSSR count). The lowest BCUT2D eigenvalue weighted by molar-refractivity contribution is 0.144. The van der Waals surface area contributed by atoms with Gasteiger partial charge in [-0.2, -0.15) is 0 Å². The van der Waals surface area contributed by atoms with Crippen molar-refractivity contribution in [3.8, 4) is 5.69 Å². The number of hydrogen-bond donors (Lipinski definition) is 1. The predicted octanol–water partition coefficient (Wildman–Crippen LogP) is 1.78. The summed E-state index contributed by atoms with van der Waals surface area (Å²) in [6.45, 7) is 1.50. The zero-order chi connectivity index (χ0) is 13.8. The normalized spacial score (nSPS) is 19.6. The summed E-state index contributed by atoms with van der Waals surface area (Å²) in [5.74, 6) is -0.271. The minimum absolute atomic E-state index is 0.233. The molecule has 106 valence electrons. The third kappa shape index (κ3) is 2.93. The third-order valence-corrected chi connectivity index (χ3v) is 3.38. The summed E-state index contributed by atoms with van der Waals surface area (Å²) in [5, 5.41) is 14.2. The molecule has 0 radical (unpaired) electrons. The molecule has 1 atom stereocenters. The van der Waals surface area contributed by atoms with Crippen LogP contribution < -0.4 is 5.32 Å². The molecule has 0 bridgehead atoms. The minimum atomic E-state index is -0.271. The summed E-state index contributed by atoms with van der Waals surface area (Å²) in [6, 6.07) is 5.02. The predicted molar refractivity (Wildman–Crippen MR) is 71.2 cm³/mol. The van der Waals surface area contributed by atoms with Crippen LogP contribution in [-0.2, 0) is 4.74 Å². The van der Waals surface area contributed by atoms with E-state index in [1.807, 2.05) is 0 Å². The molecule has 1 aromatic carbocycles.